The van der Waals surface area contributed by atoms with E-state index >= 15 is 0 Å². The molecule has 0 unspecified atom stereocenters. The fourth-order valence-corrected chi connectivity index (χ4v) is 1.51. The van der Waals surface area contributed by atoms with Crippen LogP contribution in [0.3, 0.4) is 0 Å². The minimum absolute atomic E-state index is 0.311. The Morgan fingerprint density at radius 1 is 1.00 bits per heavy atom. The summed E-state index contributed by atoms with van der Waals surface area (Å²) in [4.78, 5) is 0. The highest BCUT2D eigenvalue weighted by molar-refractivity contribution is 5.38. The standard InChI is InChI=1S/C16H20F4/c1-7-9-15(17,18)14(6)12(4)10-16(19,20)13(5)11(3)8-2/h7-8H,1,4-6,9-10H2,2-3H3/b11-8+. The SMILES string of the molecule is C=CCC(F)(F)C(=C)C(=C)CC(F)(F)C(=C)/C(C)=C/C. The molecule has 0 N–H and O–H groups in total. The molecule has 0 saturated heterocycles. The Bertz CT molecular complexity index is 453. The molecular weight excluding hydrogens is 268 g/mol. The van der Waals surface area contributed by atoms with Gasteiger partial charge in [-0.05, 0) is 25.0 Å². The maximum absolute atomic E-state index is 13.9. The molecule has 20 heavy (non-hydrogen) atoms. The average molecular weight is 288 g/mol. The van der Waals surface area contributed by atoms with Crippen molar-refractivity contribution < 1.29 is 17.6 Å². The zero-order valence-corrected chi connectivity index (χ0v) is 11.9. The lowest BCUT2D eigenvalue weighted by atomic mass is 9.91. The zero-order valence-electron chi connectivity index (χ0n) is 11.9. The van der Waals surface area contributed by atoms with Crippen molar-refractivity contribution in [2.75, 3.05) is 0 Å². The van der Waals surface area contributed by atoms with E-state index < -0.39 is 35.8 Å². The van der Waals surface area contributed by atoms with Crippen molar-refractivity contribution in [3.63, 3.8) is 0 Å². The second-order valence-electron chi connectivity index (χ2n) is 4.61. The van der Waals surface area contributed by atoms with E-state index in [0.717, 1.165) is 6.08 Å². The predicted molar refractivity (Wildman–Crippen MR) is 76.2 cm³/mol. The molecule has 0 aliphatic heterocycles. The second kappa shape index (κ2) is 6.73. The van der Waals surface area contributed by atoms with Crippen LogP contribution in [0.5, 0.6) is 0 Å². The van der Waals surface area contributed by atoms with Gasteiger partial charge in [0.15, 0.2) is 0 Å². The molecule has 0 aromatic carbocycles. The molecule has 0 aliphatic carbocycles. The van der Waals surface area contributed by atoms with Crippen LogP contribution in [0, 0.1) is 0 Å². The van der Waals surface area contributed by atoms with Gasteiger partial charge >= 0.3 is 0 Å². The highest BCUT2D eigenvalue weighted by Gasteiger charge is 2.39. The quantitative estimate of drug-likeness (QED) is 0.298. The molecule has 112 valence electrons. The summed E-state index contributed by atoms with van der Waals surface area (Å²) in [6.07, 6.45) is 0.910. The molecular formula is C16H20F4. The monoisotopic (exact) mass is 288 g/mol. The van der Waals surface area contributed by atoms with Gasteiger partial charge in [0.1, 0.15) is 0 Å². The number of hydrogen-bond acceptors (Lipinski definition) is 0. The summed E-state index contributed by atoms with van der Waals surface area (Å²) in [6, 6.07) is 0. The molecule has 0 heterocycles. The highest BCUT2D eigenvalue weighted by atomic mass is 19.3. The van der Waals surface area contributed by atoms with E-state index in [-0.39, 0.29) is 5.57 Å². The number of allylic oxidation sites excluding steroid dienone is 6. The van der Waals surface area contributed by atoms with Crippen LogP contribution in [0.1, 0.15) is 26.7 Å². The largest absolute Gasteiger partial charge is 0.276 e. The Morgan fingerprint density at radius 3 is 1.90 bits per heavy atom. The third kappa shape index (κ3) is 4.51. The lowest BCUT2D eigenvalue weighted by Crippen LogP contribution is -2.25. The fourth-order valence-electron chi connectivity index (χ4n) is 1.51. The maximum Gasteiger partial charge on any atom is 0.276 e. The van der Waals surface area contributed by atoms with E-state index in [1.54, 1.807) is 6.92 Å². The summed E-state index contributed by atoms with van der Waals surface area (Å²) in [5, 5.41) is 0. The minimum Gasteiger partial charge on any atom is -0.201 e. The normalized spacial score (nSPS) is 13.0. The molecule has 4 heteroatoms. The van der Waals surface area contributed by atoms with Crippen molar-refractivity contribution >= 4 is 0 Å². The molecule has 0 nitrogen and oxygen atoms in total. The van der Waals surface area contributed by atoms with Gasteiger partial charge in [0.05, 0.1) is 0 Å². The molecule has 0 aromatic rings. The van der Waals surface area contributed by atoms with Crippen LogP contribution in [0.25, 0.3) is 0 Å². The lowest BCUT2D eigenvalue weighted by Gasteiger charge is -2.24. The van der Waals surface area contributed by atoms with Gasteiger partial charge in [-0.2, -0.15) is 0 Å². The first-order chi connectivity index (χ1) is 8.99. The van der Waals surface area contributed by atoms with Gasteiger partial charge < -0.3 is 0 Å². The molecule has 0 amide bonds. The Balaban J connectivity index is 5.05. The van der Waals surface area contributed by atoms with Crippen molar-refractivity contribution in [1.82, 2.24) is 0 Å². The molecule has 0 saturated carbocycles. The molecule has 0 bridgehead atoms. The van der Waals surface area contributed by atoms with Gasteiger partial charge in [0, 0.05) is 24.0 Å². The number of rotatable bonds is 8. The smallest absolute Gasteiger partial charge is 0.201 e. The Labute approximate surface area is 117 Å². The van der Waals surface area contributed by atoms with Crippen molar-refractivity contribution in [2.24, 2.45) is 0 Å². The van der Waals surface area contributed by atoms with Gasteiger partial charge in [-0.1, -0.05) is 31.9 Å². The van der Waals surface area contributed by atoms with Gasteiger partial charge in [-0.15, -0.1) is 6.58 Å². The molecule has 0 aliphatic rings. The van der Waals surface area contributed by atoms with Gasteiger partial charge in [0.25, 0.3) is 11.8 Å². The van der Waals surface area contributed by atoms with E-state index in [1.165, 1.54) is 13.0 Å². The average Bonchev–Trinajstić information content (AvgIpc) is 2.35. The predicted octanol–water partition coefficient (Wildman–Crippen LogP) is 5.86. The Morgan fingerprint density at radius 2 is 1.50 bits per heavy atom. The molecule has 0 fully saturated rings. The summed E-state index contributed by atoms with van der Waals surface area (Å²) in [5.41, 5.74) is -1.16. The number of hydrogen-bond donors (Lipinski definition) is 0. The Kier molecular flexibility index (Phi) is 6.20. The van der Waals surface area contributed by atoms with E-state index in [4.69, 9.17) is 0 Å². The van der Waals surface area contributed by atoms with Crippen LogP contribution in [-0.4, -0.2) is 11.8 Å². The van der Waals surface area contributed by atoms with Crippen molar-refractivity contribution in [2.45, 2.75) is 38.5 Å². The number of halogens is 4. The van der Waals surface area contributed by atoms with Crippen LogP contribution < -0.4 is 0 Å². The summed E-state index contributed by atoms with van der Waals surface area (Å²) in [7, 11) is 0. The summed E-state index contributed by atoms with van der Waals surface area (Å²) in [6.45, 7) is 16.1. The Hall–Kier alpha value is -1.58. The second-order valence-corrected chi connectivity index (χ2v) is 4.61. The lowest BCUT2D eigenvalue weighted by molar-refractivity contribution is 0.0331. The van der Waals surface area contributed by atoms with Crippen LogP contribution in [-0.2, 0) is 0 Å². The molecule has 0 rings (SSSR count). The van der Waals surface area contributed by atoms with Crippen molar-refractivity contribution in [3.05, 3.63) is 60.8 Å². The van der Waals surface area contributed by atoms with Crippen LogP contribution in [0.15, 0.2) is 60.8 Å². The van der Waals surface area contributed by atoms with Crippen LogP contribution in [0.4, 0.5) is 17.6 Å². The van der Waals surface area contributed by atoms with E-state index in [0.29, 0.717) is 5.57 Å². The zero-order chi connectivity index (χ0) is 16.1. The topological polar surface area (TPSA) is 0 Å². The molecule has 0 spiro atoms. The maximum atomic E-state index is 13.9. The third-order valence-electron chi connectivity index (χ3n) is 3.05. The third-order valence-corrected chi connectivity index (χ3v) is 3.05. The molecule has 0 aromatic heterocycles. The first-order valence-electron chi connectivity index (χ1n) is 6.06. The van der Waals surface area contributed by atoms with Crippen molar-refractivity contribution in [1.29, 1.82) is 0 Å². The first kappa shape index (κ1) is 18.4. The van der Waals surface area contributed by atoms with E-state index in [2.05, 4.69) is 26.3 Å². The fraction of sp³-hybridized carbons (Fsp3) is 0.375. The summed E-state index contributed by atoms with van der Waals surface area (Å²) < 4.78 is 55.0. The first-order valence-corrected chi connectivity index (χ1v) is 6.06. The van der Waals surface area contributed by atoms with Crippen LogP contribution in [0.2, 0.25) is 0 Å². The van der Waals surface area contributed by atoms with E-state index in [9.17, 15) is 17.6 Å². The highest BCUT2D eigenvalue weighted by Crippen LogP contribution is 2.39. The van der Waals surface area contributed by atoms with Gasteiger partial charge in [-0.3, -0.25) is 0 Å². The summed E-state index contributed by atoms with van der Waals surface area (Å²) in [5.74, 6) is -6.65. The number of alkyl halides is 4. The van der Waals surface area contributed by atoms with E-state index in [1.807, 2.05) is 0 Å². The molecule has 0 radical (unpaired) electrons. The minimum atomic E-state index is -3.33. The van der Waals surface area contributed by atoms with Crippen LogP contribution >= 0.6 is 0 Å². The van der Waals surface area contributed by atoms with Crippen molar-refractivity contribution in [3.8, 4) is 0 Å². The molecule has 0 atom stereocenters. The van der Waals surface area contributed by atoms with Gasteiger partial charge in [-0.25, -0.2) is 17.6 Å². The summed E-state index contributed by atoms with van der Waals surface area (Å²) >= 11 is 0. The van der Waals surface area contributed by atoms with Gasteiger partial charge in [0.2, 0.25) is 0 Å².